The van der Waals surface area contributed by atoms with E-state index in [1.54, 1.807) is 13.0 Å². The summed E-state index contributed by atoms with van der Waals surface area (Å²) < 4.78 is 16.2. The molecule has 0 radical (unpaired) electrons. The van der Waals surface area contributed by atoms with Crippen molar-refractivity contribution in [2.24, 2.45) is 5.73 Å². The molecule has 2 atom stereocenters. The van der Waals surface area contributed by atoms with E-state index in [4.69, 9.17) is 19.9 Å². The Labute approximate surface area is 152 Å². The van der Waals surface area contributed by atoms with Crippen LogP contribution < -0.4 is 15.2 Å². The zero-order chi connectivity index (χ0) is 19.1. The fourth-order valence-electron chi connectivity index (χ4n) is 2.24. The van der Waals surface area contributed by atoms with Gasteiger partial charge in [0.15, 0.2) is 17.3 Å². The molecular weight excluding hydrogens is 334 g/mol. The first-order valence-corrected chi connectivity index (χ1v) is 8.24. The lowest BCUT2D eigenvalue weighted by atomic mass is 10.1. The summed E-state index contributed by atoms with van der Waals surface area (Å²) >= 11 is 0. The predicted octanol–water partition coefficient (Wildman–Crippen LogP) is 2.74. The van der Waals surface area contributed by atoms with Gasteiger partial charge in [0.1, 0.15) is 6.04 Å². The number of carbonyl (C=O) groups is 2. The first-order valence-electron chi connectivity index (χ1n) is 8.24. The molecule has 0 bridgehead atoms. The molecule has 0 aliphatic heterocycles. The Morgan fingerprint density at radius 2 is 1.77 bits per heavy atom. The molecule has 2 rings (SSSR count). The molecule has 0 heterocycles. The van der Waals surface area contributed by atoms with Crippen molar-refractivity contribution in [3.05, 3.63) is 59.7 Å². The van der Waals surface area contributed by atoms with Crippen LogP contribution in [0.4, 0.5) is 0 Å². The van der Waals surface area contributed by atoms with Crippen LogP contribution in [-0.4, -0.2) is 31.0 Å². The molecule has 0 aromatic heterocycles. The smallest absolute Gasteiger partial charge is 0.331 e. The Morgan fingerprint density at radius 3 is 2.38 bits per heavy atom. The van der Waals surface area contributed by atoms with Gasteiger partial charge in [0.2, 0.25) is 0 Å². The van der Waals surface area contributed by atoms with E-state index < -0.39 is 18.1 Å². The van der Waals surface area contributed by atoms with Gasteiger partial charge in [-0.05, 0) is 37.6 Å². The molecule has 0 fully saturated rings. The van der Waals surface area contributed by atoms with Crippen molar-refractivity contribution in [3.63, 3.8) is 0 Å². The molecule has 0 saturated heterocycles. The summed E-state index contributed by atoms with van der Waals surface area (Å²) in [6.07, 6.45) is -0.537. The van der Waals surface area contributed by atoms with E-state index >= 15 is 0 Å². The van der Waals surface area contributed by atoms with Gasteiger partial charge in [-0.1, -0.05) is 30.3 Å². The summed E-state index contributed by atoms with van der Waals surface area (Å²) in [6.45, 7) is 3.51. The number of Topliss-reactive ketones (excluding diaryl/α,β-unsaturated/α-hetero) is 1. The number of benzene rings is 2. The first-order chi connectivity index (χ1) is 12.4. The minimum absolute atomic E-state index is 0.110. The topological polar surface area (TPSA) is 87.9 Å². The van der Waals surface area contributed by atoms with Crippen molar-refractivity contribution in [1.29, 1.82) is 0 Å². The zero-order valence-corrected chi connectivity index (χ0v) is 15.1. The van der Waals surface area contributed by atoms with Crippen LogP contribution in [0, 0.1) is 0 Å². The molecule has 0 spiro atoms. The van der Waals surface area contributed by atoms with E-state index in [2.05, 4.69) is 0 Å². The maximum absolute atomic E-state index is 12.3. The van der Waals surface area contributed by atoms with Crippen molar-refractivity contribution in [1.82, 2.24) is 0 Å². The zero-order valence-electron chi connectivity index (χ0n) is 15.1. The van der Waals surface area contributed by atoms with Crippen molar-refractivity contribution < 1.29 is 23.8 Å². The van der Waals surface area contributed by atoms with E-state index in [1.165, 1.54) is 26.2 Å². The van der Waals surface area contributed by atoms with Gasteiger partial charge in [0.25, 0.3) is 0 Å². The molecule has 0 aliphatic rings. The summed E-state index contributed by atoms with van der Waals surface area (Å²) in [6, 6.07) is 13.2. The van der Waals surface area contributed by atoms with E-state index in [9.17, 15) is 9.59 Å². The highest BCUT2D eigenvalue weighted by atomic mass is 16.6. The van der Waals surface area contributed by atoms with Crippen LogP contribution in [0.1, 0.15) is 29.8 Å². The van der Waals surface area contributed by atoms with Crippen LogP contribution in [0.5, 0.6) is 11.5 Å². The average Bonchev–Trinajstić information content (AvgIpc) is 2.66. The summed E-state index contributed by atoms with van der Waals surface area (Å²) in [5, 5.41) is 0. The van der Waals surface area contributed by atoms with Gasteiger partial charge in [-0.3, -0.25) is 4.79 Å². The van der Waals surface area contributed by atoms with Crippen LogP contribution >= 0.6 is 0 Å². The van der Waals surface area contributed by atoms with Gasteiger partial charge < -0.3 is 19.9 Å². The minimum Gasteiger partial charge on any atom is -0.493 e. The van der Waals surface area contributed by atoms with Crippen LogP contribution in [0.15, 0.2) is 48.5 Å². The molecule has 0 amide bonds. The first kappa shape index (κ1) is 19.6. The standard InChI is InChI=1S/C20H23NO5/c1-13(22)16-9-10-17(18(11-16)24-3)26-20(23)19(21)14(2)25-12-15-7-5-4-6-8-15/h4-11,14,19H,12,21H2,1-3H3. The molecular formula is C20H23NO5. The van der Waals surface area contributed by atoms with Gasteiger partial charge >= 0.3 is 5.97 Å². The van der Waals surface area contributed by atoms with E-state index in [0.29, 0.717) is 12.2 Å². The summed E-state index contributed by atoms with van der Waals surface area (Å²) in [5.41, 5.74) is 7.40. The number of ketones is 1. The Morgan fingerprint density at radius 1 is 1.08 bits per heavy atom. The van der Waals surface area contributed by atoms with E-state index in [-0.39, 0.29) is 17.3 Å². The van der Waals surface area contributed by atoms with E-state index in [0.717, 1.165) is 5.56 Å². The SMILES string of the molecule is COc1cc(C(C)=O)ccc1OC(=O)C(N)C(C)OCc1ccccc1. The van der Waals surface area contributed by atoms with Gasteiger partial charge in [0, 0.05) is 5.56 Å². The third-order valence-corrected chi connectivity index (χ3v) is 3.91. The van der Waals surface area contributed by atoms with Gasteiger partial charge in [-0.25, -0.2) is 4.79 Å². The molecule has 2 unspecified atom stereocenters. The third-order valence-electron chi connectivity index (χ3n) is 3.91. The molecule has 0 aliphatic carbocycles. The molecule has 6 heteroatoms. The van der Waals surface area contributed by atoms with Gasteiger partial charge in [-0.2, -0.15) is 0 Å². The number of ether oxygens (including phenoxy) is 3. The maximum atomic E-state index is 12.3. The summed E-state index contributed by atoms with van der Waals surface area (Å²) in [4.78, 5) is 23.7. The van der Waals surface area contributed by atoms with Crippen LogP contribution in [0.3, 0.4) is 0 Å². The fourth-order valence-corrected chi connectivity index (χ4v) is 2.24. The second-order valence-electron chi connectivity index (χ2n) is 5.87. The second kappa shape index (κ2) is 9.12. The maximum Gasteiger partial charge on any atom is 0.331 e. The number of methoxy groups -OCH3 is 1. The lowest BCUT2D eigenvalue weighted by Gasteiger charge is -2.20. The molecule has 2 aromatic rings. The number of carbonyl (C=O) groups excluding carboxylic acids is 2. The van der Waals surface area contributed by atoms with Crippen LogP contribution in [0.25, 0.3) is 0 Å². The molecule has 2 N–H and O–H groups in total. The second-order valence-corrected chi connectivity index (χ2v) is 5.87. The highest BCUT2D eigenvalue weighted by Crippen LogP contribution is 2.28. The number of hydrogen-bond acceptors (Lipinski definition) is 6. The van der Waals surface area contributed by atoms with Gasteiger partial charge in [0.05, 0.1) is 19.8 Å². The van der Waals surface area contributed by atoms with E-state index in [1.807, 2.05) is 30.3 Å². The molecule has 26 heavy (non-hydrogen) atoms. The fraction of sp³-hybridized carbons (Fsp3) is 0.300. The Bertz CT molecular complexity index is 760. The van der Waals surface area contributed by atoms with Crippen molar-refractivity contribution in [2.75, 3.05) is 7.11 Å². The minimum atomic E-state index is -0.962. The largest absolute Gasteiger partial charge is 0.493 e. The Hall–Kier alpha value is -2.70. The molecule has 2 aromatic carbocycles. The quantitative estimate of drug-likeness (QED) is 0.444. The van der Waals surface area contributed by atoms with Gasteiger partial charge in [-0.15, -0.1) is 0 Å². The van der Waals surface area contributed by atoms with Crippen LogP contribution in [-0.2, 0) is 16.1 Å². The highest BCUT2D eigenvalue weighted by Gasteiger charge is 2.25. The monoisotopic (exact) mass is 357 g/mol. The number of rotatable bonds is 8. The Kier molecular flexibility index (Phi) is 6.89. The highest BCUT2D eigenvalue weighted by molar-refractivity contribution is 5.94. The molecule has 0 saturated carbocycles. The van der Waals surface area contributed by atoms with Crippen molar-refractivity contribution in [3.8, 4) is 11.5 Å². The average molecular weight is 357 g/mol. The lowest BCUT2D eigenvalue weighted by Crippen LogP contribution is -2.44. The number of nitrogens with two attached hydrogens (primary N) is 1. The van der Waals surface area contributed by atoms with Crippen molar-refractivity contribution >= 4 is 11.8 Å². The van der Waals surface area contributed by atoms with Crippen molar-refractivity contribution in [2.45, 2.75) is 32.6 Å². The summed E-state index contributed by atoms with van der Waals surface area (Å²) in [5.74, 6) is -0.260. The normalized spacial score (nSPS) is 12.9. The predicted molar refractivity (Wildman–Crippen MR) is 97.3 cm³/mol. The molecule has 138 valence electrons. The lowest BCUT2D eigenvalue weighted by molar-refractivity contribution is -0.139. The summed E-state index contributed by atoms with van der Waals surface area (Å²) in [7, 11) is 1.43. The number of hydrogen-bond donors (Lipinski definition) is 1. The third kappa shape index (κ3) is 5.15. The Balaban J connectivity index is 1.98. The number of esters is 1. The van der Waals surface area contributed by atoms with Crippen LogP contribution in [0.2, 0.25) is 0 Å². The molecule has 6 nitrogen and oxygen atoms in total.